The second kappa shape index (κ2) is 6.64. The van der Waals surface area contributed by atoms with Crippen molar-refractivity contribution in [2.45, 2.75) is 12.8 Å². The summed E-state index contributed by atoms with van der Waals surface area (Å²) in [6, 6.07) is 6.06. The summed E-state index contributed by atoms with van der Waals surface area (Å²) >= 11 is 1.88. The van der Waals surface area contributed by atoms with Crippen LogP contribution in [-0.4, -0.2) is 31.8 Å². The number of ether oxygens (including phenoxy) is 2. The number of hydrogen-bond acceptors (Lipinski definition) is 4. The van der Waals surface area contributed by atoms with Gasteiger partial charge in [0.15, 0.2) is 11.5 Å². The van der Waals surface area contributed by atoms with Crippen LogP contribution in [0, 0.1) is 0 Å². The third kappa shape index (κ3) is 3.73. The van der Waals surface area contributed by atoms with Gasteiger partial charge in [0.05, 0.1) is 13.2 Å². The summed E-state index contributed by atoms with van der Waals surface area (Å²) in [6.07, 6.45) is 4.26. The Hall–Kier alpha value is -1.03. The lowest BCUT2D eigenvalue weighted by Crippen LogP contribution is -2.03. The zero-order valence-corrected chi connectivity index (χ0v) is 11.0. The van der Waals surface area contributed by atoms with Gasteiger partial charge in [-0.15, -0.1) is 0 Å². The Labute approximate surface area is 107 Å². The molecule has 0 unspecified atom stereocenters. The lowest BCUT2D eigenvalue weighted by molar-refractivity contribution is 0.297. The van der Waals surface area contributed by atoms with Gasteiger partial charge in [-0.1, -0.05) is 0 Å². The van der Waals surface area contributed by atoms with Crippen molar-refractivity contribution in [3.05, 3.63) is 18.2 Å². The van der Waals surface area contributed by atoms with Gasteiger partial charge in [0, 0.05) is 24.7 Å². The fourth-order valence-corrected chi connectivity index (χ4v) is 2.16. The Morgan fingerprint density at radius 2 is 2.06 bits per heavy atom. The van der Waals surface area contributed by atoms with Gasteiger partial charge in [0.2, 0.25) is 0 Å². The molecule has 3 nitrogen and oxygen atoms in total. The van der Waals surface area contributed by atoms with Gasteiger partial charge < -0.3 is 14.8 Å². The van der Waals surface area contributed by atoms with E-state index in [0.717, 1.165) is 43.4 Å². The van der Waals surface area contributed by atoms with E-state index in [1.807, 2.05) is 30.0 Å². The molecule has 2 rings (SSSR count). The molecule has 0 atom stereocenters. The van der Waals surface area contributed by atoms with Crippen LogP contribution in [0.3, 0.4) is 0 Å². The molecule has 1 N–H and O–H groups in total. The van der Waals surface area contributed by atoms with E-state index < -0.39 is 0 Å². The second-order valence-corrected chi connectivity index (χ2v) is 4.97. The number of rotatable bonds is 5. The smallest absolute Gasteiger partial charge is 0.163 e. The Bertz CT molecular complexity index is 357. The molecule has 1 aromatic rings. The van der Waals surface area contributed by atoms with E-state index in [4.69, 9.17) is 9.47 Å². The van der Waals surface area contributed by atoms with Crippen molar-refractivity contribution in [1.82, 2.24) is 0 Å². The van der Waals surface area contributed by atoms with Crippen LogP contribution >= 0.6 is 11.8 Å². The van der Waals surface area contributed by atoms with E-state index >= 15 is 0 Å². The molecular formula is C13H19NO2S. The third-order valence-electron chi connectivity index (χ3n) is 2.60. The highest BCUT2D eigenvalue weighted by atomic mass is 32.2. The Morgan fingerprint density at radius 3 is 2.88 bits per heavy atom. The summed E-state index contributed by atoms with van der Waals surface area (Å²) in [5.74, 6) is 2.91. The van der Waals surface area contributed by atoms with E-state index in [-0.39, 0.29) is 0 Å². The van der Waals surface area contributed by atoms with Gasteiger partial charge in [0.25, 0.3) is 0 Å². The lowest BCUT2D eigenvalue weighted by atomic mass is 10.2. The zero-order valence-electron chi connectivity index (χ0n) is 10.2. The van der Waals surface area contributed by atoms with Gasteiger partial charge in [-0.3, -0.25) is 0 Å². The van der Waals surface area contributed by atoms with Crippen LogP contribution in [0.4, 0.5) is 5.69 Å². The first kappa shape index (κ1) is 12.4. The topological polar surface area (TPSA) is 30.5 Å². The van der Waals surface area contributed by atoms with Gasteiger partial charge in [-0.2, -0.15) is 11.8 Å². The number of anilines is 1. The maximum absolute atomic E-state index is 5.65. The predicted octanol–water partition coefficient (Wildman–Crippen LogP) is 3.01. The van der Waals surface area contributed by atoms with Crippen molar-refractivity contribution < 1.29 is 9.47 Å². The van der Waals surface area contributed by atoms with Crippen LogP contribution < -0.4 is 14.8 Å². The highest BCUT2D eigenvalue weighted by molar-refractivity contribution is 7.98. The molecule has 0 aromatic heterocycles. The molecule has 0 aliphatic carbocycles. The average Bonchev–Trinajstić information content (AvgIpc) is 2.59. The van der Waals surface area contributed by atoms with Gasteiger partial charge in [-0.05, 0) is 30.6 Å². The standard InChI is InChI=1S/C13H19NO2S/c1-17-9-2-6-14-11-4-5-12-13(10-11)16-8-3-7-15-12/h4-5,10,14H,2-3,6-9H2,1H3. The summed E-state index contributed by atoms with van der Waals surface area (Å²) < 4.78 is 11.2. The van der Waals surface area contributed by atoms with Crippen molar-refractivity contribution in [2.75, 3.05) is 37.1 Å². The minimum atomic E-state index is 0.739. The van der Waals surface area contributed by atoms with Crippen LogP contribution in [0.15, 0.2) is 18.2 Å². The monoisotopic (exact) mass is 253 g/mol. The van der Waals surface area contributed by atoms with Gasteiger partial charge in [-0.25, -0.2) is 0 Å². The lowest BCUT2D eigenvalue weighted by Gasteiger charge is -2.10. The molecule has 0 spiro atoms. The van der Waals surface area contributed by atoms with Gasteiger partial charge in [0.1, 0.15) is 0 Å². The van der Waals surface area contributed by atoms with E-state index in [9.17, 15) is 0 Å². The first-order valence-electron chi connectivity index (χ1n) is 6.02. The maximum Gasteiger partial charge on any atom is 0.163 e. The minimum absolute atomic E-state index is 0.739. The highest BCUT2D eigenvalue weighted by Crippen LogP contribution is 2.32. The minimum Gasteiger partial charge on any atom is -0.490 e. The van der Waals surface area contributed by atoms with Crippen LogP contribution in [0.1, 0.15) is 12.8 Å². The predicted molar refractivity (Wildman–Crippen MR) is 73.5 cm³/mol. The normalized spacial score (nSPS) is 14.2. The Balaban J connectivity index is 1.93. The molecule has 17 heavy (non-hydrogen) atoms. The van der Waals surface area contributed by atoms with E-state index in [1.54, 1.807) is 0 Å². The van der Waals surface area contributed by atoms with Crippen LogP contribution in [-0.2, 0) is 0 Å². The molecule has 1 aliphatic rings. The molecule has 4 heteroatoms. The van der Waals surface area contributed by atoms with Gasteiger partial charge >= 0.3 is 0 Å². The van der Waals surface area contributed by atoms with Crippen molar-refractivity contribution >= 4 is 17.4 Å². The number of fused-ring (bicyclic) bond motifs is 1. The number of hydrogen-bond donors (Lipinski definition) is 1. The van der Waals surface area contributed by atoms with Crippen LogP contribution in [0.2, 0.25) is 0 Å². The Kier molecular flexibility index (Phi) is 4.86. The molecule has 94 valence electrons. The SMILES string of the molecule is CSCCCNc1ccc2c(c1)OCCCO2. The highest BCUT2D eigenvalue weighted by Gasteiger charge is 2.10. The molecule has 1 heterocycles. The number of thioether (sulfide) groups is 1. The number of nitrogens with one attached hydrogen (secondary N) is 1. The summed E-state index contributed by atoms with van der Waals surface area (Å²) in [4.78, 5) is 0. The summed E-state index contributed by atoms with van der Waals surface area (Å²) in [5, 5.41) is 3.40. The van der Waals surface area contributed by atoms with Crippen molar-refractivity contribution in [3.63, 3.8) is 0 Å². The first-order chi connectivity index (χ1) is 8.40. The molecule has 0 bridgehead atoms. The number of benzene rings is 1. The summed E-state index contributed by atoms with van der Waals surface area (Å²) in [6.45, 7) is 2.48. The molecule has 0 saturated carbocycles. The quantitative estimate of drug-likeness (QED) is 0.817. The zero-order chi connectivity index (χ0) is 11.9. The maximum atomic E-state index is 5.65. The van der Waals surface area contributed by atoms with Crippen LogP contribution in [0.5, 0.6) is 11.5 Å². The fourth-order valence-electron chi connectivity index (χ4n) is 1.72. The second-order valence-electron chi connectivity index (χ2n) is 3.99. The molecule has 1 aliphatic heterocycles. The summed E-state index contributed by atoms with van der Waals surface area (Å²) in [7, 11) is 0. The summed E-state index contributed by atoms with van der Waals surface area (Å²) in [5.41, 5.74) is 1.11. The third-order valence-corrected chi connectivity index (χ3v) is 3.30. The largest absolute Gasteiger partial charge is 0.490 e. The molecule has 0 radical (unpaired) electrons. The van der Waals surface area contributed by atoms with E-state index in [0.29, 0.717) is 0 Å². The van der Waals surface area contributed by atoms with Crippen molar-refractivity contribution in [2.24, 2.45) is 0 Å². The molecule has 0 amide bonds. The average molecular weight is 253 g/mol. The molecule has 0 fully saturated rings. The molecule has 0 saturated heterocycles. The van der Waals surface area contributed by atoms with Crippen molar-refractivity contribution in [3.8, 4) is 11.5 Å². The van der Waals surface area contributed by atoms with E-state index in [1.165, 1.54) is 12.2 Å². The molecule has 1 aromatic carbocycles. The van der Waals surface area contributed by atoms with Crippen molar-refractivity contribution in [1.29, 1.82) is 0 Å². The van der Waals surface area contributed by atoms with Crippen LogP contribution in [0.25, 0.3) is 0 Å². The Morgan fingerprint density at radius 1 is 1.24 bits per heavy atom. The fraction of sp³-hybridized carbons (Fsp3) is 0.538. The molecular weight excluding hydrogens is 234 g/mol. The van der Waals surface area contributed by atoms with E-state index in [2.05, 4.69) is 11.6 Å². The first-order valence-corrected chi connectivity index (χ1v) is 7.42.